The first-order valence-electron chi connectivity index (χ1n) is 13.9. The summed E-state index contributed by atoms with van der Waals surface area (Å²) in [7, 11) is -3.52. The van der Waals surface area contributed by atoms with Gasteiger partial charge in [0.2, 0.25) is 15.9 Å². The van der Waals surface area contributed by atoms with Gasteiger partial charge < -0.3 is 9.80 Å². The van der Waals surface area contributed by atoms with Crippen molar-refractivity contribution >= 4 is 27.3 Å². The Morgan fingerprint density at radius 1 is 0.973 bits per heavy atom. The SMILES string of the molecule is CCCCCCCCS(=O)(=O)N(CCN1CCCC1)CC(=O)N(Cc1ccccc1)Cc1sccc1C. The molecule has 206 valence electrons. The lowest BCUT2D eigenvalue weighted by Crippen LogP contribution is -2.45. The average molecular weight is 548 g/mol. The summed E-state index contributed by atoms with van der Waals surface area (Å²) < 4.78 is 28.4. The Morgan fingerprint density at radius 3 is 2.35 bits per heavy atom. The van der Waals surface area contributed by atoms with Gasteiger partial charge in [-0.25, -0.2) is 8.42 Å². The molecular weight excluding hydrogens is 502 g/mol. The van der Waals surface area contributed by atoms with Gasteiger partial charge in [0.25, 0.3) is 0 Å². The van der Waals surface area contributed by atoms with Crippen LogP contribution in [0.25, 0.3) is 0 Å². The second-order valence-electron chi connectivity index (χ2n) is 10.2. The van der Waals surface area contributed by atoms with Crippen LogP contribution in [0.1, 0.15) is 74.3 Å². The Labute approximate surface area is 228 Å². The Hall–Kier alpha value is -1.74. The smallest absolute Gasteiger partial charge is 0.238 e. The van der Waals surface area contributed by atoms with Crippen LogP contribution in [-0.2, 0) is 27.9 Å². The molecule has 2 aromatic rings. The van der Waals surface area contributed by atoms with Gasteiger partial charge in [0.15, 0.2) is 0 Å². The number of unbranched alkanes of at least 4 members (excludes halogenated alkanes) is 5. The number of amides is 1. The number of rotatable bonds is 17. The minimum Gasteiger partial charge on any atom is -0.332 e. The number of hydrogen-bond acceptors (Lipinski definition) is 5. The van der Waals surface area contributed by atoms with Gasteiger partial charge in [-0.2, -0.15) is 4.31 Å². The van der Waals surface area contributed by atoms with Crippen molar-refractivity contribution in [1.82, 2.24) is 14.1 Å². The fourth-order valence-electron chi connectivity index (χ4n) is 4.80. The van der Waals surface area contributed by atoms with Crippen molar-refractivity contribution in [3.05, 3.63) is 57.8 Å². The molecule has 6 nitrogen and oxygen atoms in total. The van der Waals surface area contributed by atoms with Crippen LogP contribution in [0.15, 0.2) is 41.8 Å². The molecule has 0 N–H and O–H groups in total. The van der Waals surface area contributed by atoms with Crippen LogP contribution in [0.4, 0.5) is 0 Å². The van der Waals surface area contributed by atoms with Crippen molar-refractivity contribution in [3.8, 4) is 0 Å². The molecule has 0 atom stereocenters. The highest BCUT2D eigenvalue weighted by molar-refractivity contribution is 7.89. The largest absolute Gasteiger partial charge is 0.332 e. The summed E-state index contributed by atoms with van der Waals surface area (Å²) in [5, 5.41) is 2.04. The Morgan fingerprint density at radius 2 is 1.68 bits per heavy atom. The van der Waals surface area contributed by atoms with Crippen LogP contribution in [0, 0.1) is 6.92 Å². The van der Waals surface area contributed by atoms with E-state index in [2.05, 4.69) is 24.8 Å². The van der Waals surface area contributed by atoms with Crippen molar-refractivity contribution in [2.24, 2.45) is 0 Å². The van der Waals surface area contributed by atoms with Gasteiger partial charge in [0.1, 0.15) is 0 Å². The lowest BCUT2D eigenvalue weighted by atomic mass is 10.1. The summed E-state index contributed by atoms with van der Waals surface area (Å²) >= 11 is 1.64. The minimum atomic E-state index is -3.52. The van der Waals surface area contributed by atoms with E-state index < -0.39 is 10.0 Å². The van der Waals surface area contributed by atoms with Gasteiger partial charge in [0, 0.05) is 24.5 Å². The maximum absolute atomic E-state index is 13.7. The topological polar surface area (TPSA) is 60.9 Å². The van der Waals surface area contributed by atoms with Crippen molar-refractivity contribution in [3.63, 3.8) is 0 Å². The third-order valence-corrected chi connectivity index (χ3v) is 10.1. The van der Waals surface area contributed by atoms with Crippen molar-refractivity contribution in [2.45, 2.75) is 78.3 Å². The van der Waals surface area contributed by atoms with E-state index in [0.717, 1.165) is 61.2 Å². The third-order valence-electron chi connectivity index (χ3n) is 7.20. The highest BCUT2D eigenvalue weighted by atomic mass is 32.2. The number of nitrogens with zero attached hydrogens (tertiary/aromatic N) is 3. The molecule has 37 heavy (non-hydrogen) atoms. The van der Waals surface area contributed by atoms with Crippen LogP contribution in [0.3, 0.4) is 0 Å². The van der Waals surface area contributed by atoms with Gasteiger partial charge in [-0.05, 0) is 61.8 Å². The number of hydrogen-bond donors (Lipinski definition) is 0. The number of carbonyl (C=O) groups is 1. The second-order valence-corrected chi connectivity index (χ2v) is 13.3. The molecule has 0 bridgehead atoms. The predicted molar refractivity (Wildman–Crippen MR) is 154 cm³/mol. The molecular formula is C29H45N3O3S2. The highest BCUT2D eigenvalue weighted by Crippen LogP contribution is 2.20. The van der Waals surface area contributed by atoms with Crippen LogP contribution in [0.2, 0.25) is 0 Å². The van der Waals surface area contributed by atoms with E-state index in [9.17, 15) is 13.2 Å². The van der Waals surface area contributed by atoms with Crippen LogP contribution in [-0.4, -0.2) is 66.9 Å². The van der Waals surface area contributed by atoms with E-state index in [1.165, 1.54) is 17.1 Å². The fraction of sp³-hybridized carbons (Fsp3) is 0.621. The molecule has 0 spiro atoms. The van der Waals surface area contributed by atoms with Crippen LogP contribution >= 0.6 is 11.3 Å². The molecule has 1 aliphatic rings. The number of likely N-dealkylation sites (tertiary alicyclic amines) is 1. The van der Waals surface area contributed by atoms with Gasteiger partial charge in [0.05, 0.1) is 18.8 Å². The van der Waals surface area contributed by atoms with E-state index in [0.29, 0.717) is 32.6 Å². The van der Waals surface area contributed by atoms with Gasteiger partial charge in [-0.1, -0.05) is 69.4 Å². The van der Waals surface area contributed by atoms with E-state index in [4.69, 9.17) is 0 Å². The van der Waals surface area contributed by atoms with Gasteiger partial charge in [-0.3, -0.25) is 4.79 Å². The molecule has 1 aromatic carbocycles. The molecule has 1 saturated heterocycles. The van der Waals surface area contributed by atoms with E-state index in [-0.39, 0.29) is 18.2 Å². The second kappa shape index (κ2) is 15.6. The first kappa shape index (κ1) is 29.8. The van der Waals surface area contributed by atoms with Crippen LogP contribution < -0.4 is 0 Å². The number of aryl methyl sites for hydroxylation is 1. The maximum atomic E-state index is 13.7. The molecule has 1 fully saturated rings. The third kappa shape index (κ3) is 10.2. The quantitative estimate of drug-likeness (QED) is 0.239. The summed E-state index contributed by atoms with van der Waals surface area (Å²) in [6.07, 6.45) is 8.50. The zero-order chi connectivity index (χ0) is 26.5. The normalized spacial score (nSPS) is 14.5. The predicted octanol–water partition coefficient (Wildman–Crippen LogP) is 5.67. The lowest BCUT2D eigenvalue weighted by molar-refractivity contribution is -0.132. The number of carbonyl (C=O) groups excluding carboxylic acids is 1. The molecule has 1 aliphatic heterocycles. The molecule has 0 saturated carbocycles. The summed E-state index contributed by atoms with van der Waals surface area (Å²) in [5.41, 5.74) is 2.21. The molecule has 0 radical (unpaired) electrons. The van der Waals surface area contributed by atoms with E-state index in [1.807, 2.05) is 40.6 Å². The molecule has 8 heteroatoms. The molecule has 1 amide bonds. The number of benzene rings is 1. The lowest BCUT2D eigenvalue weighted by Gasteiger charge is -2.28. The molecule has 1 aromatic heterocycles. The van der Waals surface area contributed by atoms with Gasteiger partial charge in [-0.15, -0.1) is 11.3 Å². The average Bonchev–Trinajstić information content (AvgIpc) is 3.55. The van der Waals surface area contributed by atoms with Crippen LogP contribution in [0.5, 0.6) is 0 Å². The van der Waals surface area contributed by atoms with E-state index in [1.54, 1.807) is 11.3 Å². The summed E-state index contributed by atoms with van der Waals surface area (Å²) in [4.78, 5) is 19.0. The van der Waals surface area contributed by atoms with E-state index >= 15 is 0 Å². The van der Waals surface area contributed by atoms with Crippen molar-refractivity contribution in [2.75, 3.05) is 38.5 Å². The summed E-state index contributed by atoms with van der Waals surface area (Å²) in [6.45, 7) is 8.19. The molecule has 3 rings (SSSR count). The highest BCUT2D eigenvalue weighted by Gasteiger charge is 2.28. The Balaban J connectivity index is 1.70. The maximum Gasteiger partial charge on any atom is 0.238 e. The first-order valence-corrected chi connectivity index (χ1v) is 16.4. The fourth-order valence-corrected chi connectivity index (χ4v) is 7.21. The Bertz CT molecular complexity index is 1030. The summed E-state index contributed by atoms with van der Waals surface area (Å²) in [6, 6.07) is 12.0. The number of thiophene rings is 1. The zero-order valence-corrected chi connectivity index (χ0v) is 24.4. The van der Waals surface area contributed by atoms with Crippen molar-refractivity contribution < 1.29 is 13.2 Å². The van der Waals surface area contributed by atoms with Gasteiger partial charge >= 0.3 is 0 Å². The summed E-state index contributed by atoms with van der Waals surface area (Å²) in [5.74, 6) is -0.0145. The molecule has 0 unspecified atom stereocenters. The standard InChI is InChI=1S/C29H45N3O3S2/c1-3-4-5-6-7-13-22-37(34,35)32(20-19-30-17-11-12-18-30)25-29(33)31(23-27-14-9-8-10-15-27)24-28-26(2)16-21-36-28/h8-10,14-16,21H,3-7,11-13,17-20,22-25H2,1-2H3. The minimum absolute atomic E-state index is 0.0940. The molecule has 2 heterocycles. The zero-order valence-electron chi connectivity index (χ0n) is 22.7. The number of sulfonamides is 1. The van der Waals surface area contributed by atoms with Crippen molar-refractivity contribution in [1.29, 1.82) is 0 Å². The monoisotopic (exact) mass is 547 g/mol. The molecule has 0 aliphatic carbocycles. The Kier molecular flexibility index (Phi) is 12.6. The first-order chi connectivity index (χ1) is 17.9.